The van der Waals surface area contributed by atoms with Crippen LogP contribution in [-0.2, 0) is 6.42 Å². The summed E-state index contributed by atoms with van der Waals surface area (Å²) in [6, 6.07) is 1.75. The number of aromatic amines is 1. The zero-order valence-corrected chi connectivity index (χ0v) is 10.5. The minimum absolute atomic E-state index is 0.225. The number of fused-ring (bicyclic) bond motifs is 1. The van der Waals surface area contributed by atoms with Crippen molar-refractivity contribution in [1.29, 1.82) is 0 Å². The normalized spacial score (nSPS) is 13.0. The molecule has 1 aliphatic heterocycles. The van der Waals surface area contributed by atoms with E-state index in [-0.39, 0.29) is 6.79 Å². The van der Waals surface area contributed by atoms with Gasteiger partial charge in [-0.25, -0.2) is 0 Å². The summed E-state index contributed by atoms with van der Waals surface area (Å²) in [7, 11) is 0. The van der Waals surface area contributed by atoms with Crippen LogP contribution >= 0.6 is 11.6 Å². The first-order valence-corrected chi connectivity index (χ1v) is 6.00. The Labute approximate surface area is 109 Å². The first-order chi connectivity index (χ1) is 8.72. The Kier molecular flexibility index (Phi) is 2.56. The third-order valence-electron chi connectivity index (χ3n) is 3.01. The lowest BCUT2D eigenvalue weighted by atomic mass is 9.98. The molecule has 0 atom stereocenters. The highest BCUT2D eigenvalue weighted by Gasteiger charge is 2.24. The number of nitrogens with one attached hydrogen (secondary N) is 1. The van der Waals surface area contributed by atoms with E-state index in [0.717, 1.165) is 28.9 Å². The molecule has 5 nitrogen and oxygen atoms in total. The molecule has 0 amide bonds. The Morgan fingerprint density at radius 2 is 2.33 bits per heavy atom. The Hall–Kier alpha value is -1.88. The van der Waals surface area contributed by atoms with Gasteiger partial charge in [0.1, 0.15) is 5.82 Å². The zero-order chi connectivity index (χ0) is 12.7. The molecule has 0 unspecified atom stereocenters. The van der Waals surface area contributed by atoms with Gasteiger partial charge in [0.05, 0.1) is 11.2 Å². The van der Waals surface area contributed by atoms with Gasteiger partial charge in [-0.3, -0.25) is 5.10 Å². The van der Waals surface area contributed by atoms with Gasteiger partial charge >= 0.3 is 0 Å². The maximum absolute atomic E-state index is 6.32. The van der Waals surface area contributed by atoms with Crippen molar-refractivity contribution in [3.63, 3.8) is 0 Å². The molecule has 3 N–H and O–H groups in total. The number of halogens is 1. The van der Waals surface area contributed by atoms with Crippen LogP contribution in [0.3, 0.4) is 0 Å². The number of rotatable bonds is 2. The van der Waals surface area contributed by atoms with E-state index in [2.05, 4.69) is 10.2 Å². The van der Waals surface area contributed by atoms with Crippen molar-refractivity contribution in [1.82, 2.24) is 10.2 Å². The largest absolute Gasteiger partial charge is 0.454 e. The van der Waals surface area contributed by atoms with Crippen molar-refractivity contribution < 1.29 is 9.47 Å². The summed E-state index contributed by atoms with van der Waals surface area (Å²) < 4.78 is 10.9. The molecule has 0 radical (unpaired) electrons. The lowest BCUT2D eigenvalue weighted by Gasteiger charge is -2.12. The van der Waals surface area contributed by atoms with E-state index in [1.54, 1.807) is 12.3 Å². The lowest BCUT2D eigenvalue weighted by Crippen LogP contribution is -1.96. The van der Waals surface area contributed by atoms with Crippen LogP contribution in [0.25, 0.3) is 11.1 Å². The fraction of sp³-hybridized carbons (Fsp3) is 0.250. The van der Waals surface area contributed by atoms with Crippen LogP contribution < -0.4 is 15.2 Å². The number of nitrogens with zero attached hydrogens (tertiary/aromatic N) is 1. The first-order valence-electron chi connectivity index (χ1n) is 5.62. The number of benzene rings is 1. The molecule has 0 saturated carbocycles. The average molecular weight is 266 g/mol. The molecule has 18 heavy (non-hydrogen) atoms. The number of aromatic nitrogens is 2. The van der Waals surface area contributed by atoms with Crippen molar-refractivity contribution in [2.24, 2.45) is 0 Å². The van der Waals surface area contributed by atoms with Crippen LogP contribution in [0, 0.1) is 0 Å². The highest BCUT2D eigenvalue weighted by molar-refractivity contribution is 6.34. The highest BCUT2D eigenvalue weighted by atomic mass is 35.5. The van der Waals surface area contributed by atoms with Gasteiger partial charge in [0.15, 0.2) is 11.5 Å². The van der Waals surface area contributed by atoms with E-state index < -0.39 is 0 Å². The summed E-state index contributed by atoms with van der Waals surface area (Å²) in [5.74, 6) is 1.92. The second kappa shape index (κ2) is 4.10. The monoisotopic (exact) mass is 265 g/mol. The van der Waals surface area contributed by atoms with Gasteiger partial charge in [-0.1, -0.05) is 18.5 Å². The summed E-state index contributed by atoms with van der Waals surface area (Å²) >= 11 is 6.32. The Morgan fingerprint density at radius 3 is 3.00 bits per heavy atom. The van der Waals surface area contributed by atoms with Crippen molar-refractivity contribution in [3.05, 3.63) is 22.8 Å². The standard InChI is InChI=1S/C12H12ClN3O2/c1-2-6-10(7-4-15-16-12(7)14)8(13)3-9-11(6)18-5-17-9/h3-4H,2,5H2,1H3,(H3,14,15,16). The summed E-state index contributed by atoms with van der Waals surface area (Å²) in [6.45, 7) is 2.26. The molecule has 0 aliphatic carbocycles. The SMILES string of the molecule is CCc1c2c(cc(Cl)c1-c1cn[nH]c1N)OCO2. The second-order valence-electron chi connectivity index (χ2n) is 4.00. The predicted molar refractivity (Wildman–Crippen MR) is 68.9 cm³/mol. The van der Waals surface area contributed by atoms with E-state index in [0.29, 0.717) is 16.6 Å². The molecule has 94 valence electrons. The van der Waals surface area contributed by atoms with E-state index in [9.17, 15) is 0 Å². The Bertz CT molecular complexity index is 610. The molecule has 3 rings (SSSR count). The van der Waals surface area contributed by atoms with Gasteiger partial charge in [0.25, 0.3) is 0 Å². The van der Waals surface area contributed by atoms with Crippen LogP contribution in [0.4, 0.5) is 5.82 Å². The molecular weight excluding hydrogens is 254 g/mol. The minimum Gasteiger partial charge on any atom is -0.454 e. The minimum atomic E-state index is 0.225. The van der Waals surface area contributed by atoms with Gasteiger partial charge in [-0.2, -0.15) is 5.10 Å². The van der Waals surface area contributed by atoms with Crippen LogP contribution in [0.2, 0.25) is 5.02 Å². The molecule has 0 bridgehead atoms. The molecule has 0 saturated heterocycles. The van der Waals surface area contributed by atoms with Crippen LogP contribution in [0.15, 0.2) is 12.3 Å². The fourth-order valence-corrected chi connectivity index (χ4v) is 2.52. The molecule has 6 heteroatoms. The molecule has 0 spiro atoms. The van der Waals surface area contributed by atoms with Crippen molar-refractivity contribution in [2.75, 3.05) is 12.5 Å². The van der Waals surface area contributed by atoms with Crippen molar-refractivity contribution in [3.8, 4) is 22.6 Å². The number of hydrogen-bond acceptors (Lipinski definition) is 4. The van der Waals surface area contributed by atoms with E-state index in [1.165, 1.54) is 0 Å². The first kappa shape index (κ1) is 11.2. The third kappa shape index (κ3) is 1.51. The molecule has 1 aliphatic rings. The van der Waals surface area contributed by atoms with Gasteiger partial charge in [-0.05, 0) is 6.42 Å². The maximum Gasteiger partial charge on any atom is 0.231 e. The molecule has 1 aromatic heterocycles. The van der Waals surface area contributed by atoms with E-state index in [4.69, 9.17) is 26.8 Å². The summed E-state index contributed by atoms with van der Waals surface area (Å²) in [6.07, 6.45) is 2.43. The number of H-pyrrole nitrogens is 1. The molecular formula is C12H12ClN3O2. The van der Waals surface area contributed by atoms with Gasteiger partial charge < -0.3 is 15.2 Å². The number of hydrogen-bond donors (Lipinski definition) is 2. The van der Waals surface area contributed by atoms with Gasteiger partial charge in [0.2, 0.25) is 6.79 Å². The number of nitrogens with two attached hydrogens (primary N) is 1. The van der Waals surface area contributed by atoms with Crippen LogP contribution in [0.5, 0.6) is 11.5 Å². The van der Waals surface area contributed by atoms with Crippen molar-refractivity contribution in [2.45, 2.75) is 13.3 Å². The predicted octanol–water partition coefficient (Wildman–Crippen LogP) is 2.60. The van der Waals surface area contributed by atoms with E-state index in [1.807, 2.05) is 6.92 Å². The van der Waals surface area contributed by atoms with Crippen molar-refractivity contribution >= 4 is 17.4 Å². The fourth-order valence-electron chi connectivity index (χ4n) is 2.20. The van der Waals surface area contributed by atoms with Crippen LogP contribution in [-0.4, -0.2) is 17.0 Å². The number of nitrogen functional groups attached to an aromatic ring is 1. The van der Waals surface area contributed by atoms with Gasteiger partial charge in [-0.15, -0.1) is 0 Å². The Morgan fingerprint density at radius 1 is 1.50 bits per heavy atom. The molecule has 0 fully saturated rings. The number of ether oxygens (including phenoxy) is 2. The third-order valence-corrected chi connectivity index (χ3v) is 3.30. The van der Waals surface area contributed by atoms with E-state index >= 15 is 0 Å². The van der Waals surface area contributed by atoms with Gasteiger partial charge in [0, 0.05) is 22.8 Å². The van der Waals surface area contributed by atoms with Crippen LogP contribution in [0.1, 0.15) is 12.5 Å². The quantitative estimate of drug-likeness (QED) is 0.875. The summed E-state index contributed by atoms with van der Waals surface area (Å²) in [5, 5.41) is 7.23. The topological polar surface area (TPSA) is 73.2 Å². The second-order valence-corrected chi connectivity index (χ2v) is 4.40. The Balaban J connectivity index is 2.29. The number of anilines is 1. The maximum atomic E-state index is 6.32. The summed E-state index contributed by atoms with van der Waals surface area (Å²) in [4.78, 5) is 0. The molecule has 2 aromatic rings. The summed E-state index contributed by atoms with van der Waals surface area (Å²) in [5.41, 5.74) is 8.49. The lowest BCUT2D eigenvalue weighted by molar-refractivity contribution is 0.173. The molecule has 2 heterocycles. The average Bonchev–Trinajstić information content (AvgIpc) is 2.96. The smallest absolute Gasteiger partial charge is 0.231 e. The zero-order valence-electron chi connectivity index (χ0n) is 9.79. The molecule has 1 aromatic carbocycles. The highest BCUT2D eigenvalue weighted by Crippen LogP contribution is 2.46.